The first-order chi connectivity index (χ1) is 13.6. The van der Waals surface area contributed by atoms with E-state index in [1.54, 1.807) is 0 Å². The highest BCUT2D eigenvalue weighted by Crippen LogP contribution is 2.24. The van der Waals surface area contributed by atoms with Gasteiger partial charge in [0.15, 0.2) is 0 Å². The van der Waals surface area contributed by atoms with E-state index in [1.165, 1.54) is 11.1 Å². The van der Waals surface area contributed by atoms with Crippen LogP contribution in [0.25, 0.3) is 11.4 Å². The number of anilines is 1. The second-order valence-corrected chi connectivity index (χ2v) is 7.56. The van der Waals surface area contributed by atoms with Crippen molar-refractivity contribution >= 4 is 30.5 Å². The molecule has 1 saturated heterocycles. The molecule has 1 unspecified atom stereocenters. The largest absolute Gasteiger partial charge is 0.399 e. The Morgan fingerprint density at radius 1 is 1.03 bits per heavy atom. The lowest BCUT2D eigenvalue weighted by molar-refractivity contribution is 0.0845. The molecule has 1 atom stereocenters. The summed E-state index contributed by atoms with van der Waals surface area (Å²) in [5, 5.41) is 4.18. The van der Waals surface area contributed by atoms with Crippen molar-refractivity contribution in [1.82, 2.24) is 19.9 Å². The minimum atomic E-state index is 0. The molecule has 0 amide bonds. The first-order valence-electron chi connectivity index (χ1n) is 9.80. The summed E-state index contributed by atoms with van der Waals surface area (Å²) in [6, 6.07) is 16.4. The van der Waals surface area contributed by atoms with E-state index in [9.17, 15) is 0 Å². The van der Waals surface area contributed by atoms with Crippen LogP contribution in [0.2, 0.25) is 0 Å². The monoisotopic (exact) mass is 449 g/mol. The van der Waals surface area contributed by atoms with Crippen LogP contribution in [0.5, 0.6) is 0 Å². The second-order valence-electron chi connectivity index (χ2n) is 7.56. The van der Waals surface area contributed by atoms with Crippen molar-refractivity contribution in [2.24, 2.45) is 0 Å². The van der Waals surface area contributed by atoms with Crippen LogP contribution in [0.3, 0.4) is 0 Å². The second kappa shape index (κ2) is 10.8. The molecule has 0 spiro atoms. The quantitative estimate of drug-likeness (QED) is 0.583. The van der Waals surface area contributed by atoms with Crippen molar-refractivity contribution < 1.29 is 4.52 Å². The topological polar surface area (TPSA) is 71.4 Å². The molecule has 4 rings (SSSR count). The van der Waals surface area contributed by atoms with Gasteiger partial charge in [-0.25, -0.2) is 0 Å². The first-order valence-corrected chi connectivity index (χ1v) is 9.80. The minimum Gasteiger partial charge on any atom is -0.399 e. The zero-order valence-corrected chi connectivity index (χ0v) is 19.0. The number of nitrogens with two attached hydrogens (primary N) is 1. The molecular formula is C22H29Cl2N5O. The first kappa shape index (κ1) is 24.2. The number of hydrogen-bond acceptors (Lipinski definition) is 6. The van der Waals surface area contributed by atoms with Crippen LogP contribution in [0, 0.1) is 6.92 Å². The average molecular weight is 450 g/mol. The molecule has 2 aromatic carbocycles. The van der Waals surface area contributed by atoms with Gasteiger partial charge in [0.05, 0.1) is 6.04 Å². The predicted molar refractivity (Wildman–Crippen MR) is 125 cm³/mol. The van der Waals surface area contributed by atoms with E-state index in [4.69, 9.17) is 10.3 Å². The fraction of sp³-hybridized carbons (Fsp3) is 0.364. The normalized spacial score (nSPS) is 15.8. The van der Waals surface area contributed by atoms with Gasteiger partial charge in [-0.05, 0) is 31.5 Å². The molecule has 162 valence electrons. The zero-order chi connectivity index (χ0) is 19.5. The number of aryl methyl sites for hydroxylation is 1. The Morgan fingerprint density at radius 3 is 2.40 bits per heavy atom. The summed E-state index contributed by atoms with van der Waals surface area (Å²) < 4.78 is 5.57. The highest BCUT2D eigenvalue weighted by Gasteiger charge is 2.26. The molecule has 1 aliphatic rings. The number of aromatic nitrogens is 2. The molecule has 0 radical (unpaired) electrons. The Morgan fingerprint density at radius 2 is 1.73 bits per heavy atom. The predicted octanol–water partition coefficient (Wildman–Crippen LogP) is 4.35. The molecule has 30 heavy (non-hydrogen) atoms. The molecule has 1 fully saturated rings. The number of rotatable bonds is 5. The standard InChI is InChI=1S/C22H27N5O.2ClH/c1-16-6-8-19(9-7-16)21-24-22(28-25-21)17(2)27-12-10-26(11-13-27)15-18-4-3-5-20(23)14-18;;/h3-9,14,17H,10-13,15,23H2,1-2H3;2*1H. The van der Waals surface area contributed by atoms with Crippen LogP contribution in [0.15, 0.2) is 53.1 Å². The van der Waals surface area contributed by atoms with Crippen molar-refractivity contribution in [3.8, 4) is 11.4 Å². The van der Waals surface area contributed by atoms with Crippen LogP contribution < -0.4 is 5.73 Å². The molecule has 0 bridgehead atoms. The highest BCUT2D eigenvalue weighted by atomic mass is 35.5. The Kier molecular flexibility index (Phi) is 8.67. The van der Waals surface area contributed by atoms with Crippen molar-refractivity contribution in [3.05, 3.63) is 65.5 Å². The van der Waals surface area contributed by atoms with E-state index in [2.05, 4.69) is 58.1 Å². The molecule has 2 N–H and O–H groups in total. The van der Waals surface area contributed by atoms with Crippen LogP contribution in [-0.2, 0) is 6.54 Å². The number of nitrogen functional groups attached to an aromatic ring is 1. The smallest absolute Gasteiger partial charge is 0.244 e. The lowest BCUT2D eigenvalue weighted by atomic mass is 10.1. The maximum absolute atomic E-state index is 5.89. The van der Waals surface area contributed by atoms with E-state index < -0.39 is 0 Å². The SMILES string of the molecule is Cc1ccc(-c2noc(C(C)N3CCN(Cc4cccc(N)c4)CC3)n2)cc1.Cl.Cl. The number of benzene rings is 2. The van der Waals surface area contributed by atoms with E-state index in [1.807, 2.05) is 24.3 Å². The molecule has 1 aromatic heterocycles. The molecule has 1 aliphatic heterocycles. The van der Waals surface area contributed by atoms with Gasteiger partial charge >= 0.3 is 0 Å². The summed E-state index contributed by atoms with van der Waals surface area (Å²) in [5.41, 5.74) is 10.2. The summed E-state index contributed by atoms with van der Waals surface area (Å²) in [7, 11) is 0. The highest BCUT2D eigenvalue weighted by molar-refractivity contribution is 5.85. The van der Waals surface area contributed by atoms with Crippen molar-refractivity contribution in [2.75, 3.05) is 31.9 Å². The van der Waals surface area contributed by atoms with Gasteiger partial charge in [0.2, 0.25) is 11.7 Å². The third-order valence-corrected chi connectivity index (χ3v) is 5.42. The molecular weight excluding hydrogens is 421 g/mol. The van der Waals surface area contributed by atoms with Crippen LogP contribution in [-0.4, -0.2) is 46.1 Å². The maximum Gasteiger partial charge on any atom is 0.244 e. The third-order valence-electron chi connectivity index (χ3n) is 5.42. The fourth-order valence-electron chi connectivity index (χ4n) is 3.64. The van der Waals surface area contributed by atoms with Gasteiger partial charge in [0, 0.05) is 44.0 Å². The summed E-state index contributed by atoms with van der Waals surface area (Å²) in [6.45, 7) is 9.12. The van der Waals surface area contributed by atoms with Crippen LogP contribution >= 0.6 is 24.8 Å². The van der Waals surface area contributed by atoms with Gasteiger partial charge in [0.1, 0.15) is 0 Å². The minimum absolute atomic E-state index is 0. The third kappa shape index (κ3) is 5.73. The lowest BCUT2D eigenvalue weighted by Gasteiger charge is -2.36. The summed E-state index contributed by atoms with van der Waals surface area (Å²) in [5.74, 6) is 1.34. The van der Waals surface area contributed by atoms with Crippen LogP contribution in [0.1, 0.15) is 30.0 Å². The van der Waals surface area contributed by atoms with Gasteiger partial charge < -0.3 is 10.3 Å². The molecule has 6 nitrogen and oxygen atoms in total. The van der Waals surface area contributed by atoms with E-state index >= 15 is 0 Å². The van der Waals surface area contributed by atoms with Crippen molar-refractivity contribution in [2.45, 2.75) is 26.4 Å². The molecule has 8 heteroatoms. The Balaban J connectivity index is 0.00000160. The van der Waals surface area contributed by atoms with Crippen LogP contribution in [0.4, 0.5) is 5.69 Å². The van der Waals surface area contributed by atoms with E-state index in [0.717, 1.165) is 44.0 Å². The van der Waals surface area contributed by atoms with E-state index in [-0.39, 0.29) is 30.9 Å². The molecule has 0 aliphatic carbocycles. The Labute approximate surface area is 190 Å². The average Bonchev–Trinajstić information content (AvgIpc) is 3.19. The Hall–Kier alpha value is -2.12. The molecule has 2 heterocycles. The molecule has 0 saturated carbocycles. The summed E-state index contributed by atoms with van der Waals surface area (Å²) in [6.07, 6.45) is 0. The number of nitrogens with zero attached hydrogens (tertiary/aromatic N) is 4. The number of piperazine rings is 1. The fourth-order valence-corrected chi connectivity index (χ4v) is 3.64. The lowest BCUT2D eigenvalue weighted by Crippen LogP contribution is -2.46. The molecule has 3 aromatic rings. The Bertz CT molecular complexity index is 923. The van der Waals surface area contributed by atoms with Gasteiger partial charge in [-0.1, -0.05) is 47.1 Å². The van der Waals surface area contributed by atoms with Crippen molar-refractivity contribution in [3.63, 3.8) is 0 Å². The summed E-state index contributed by atoms with van der Waals surface area (Å²) >= 11 is 0. The van der Waals surface area contributed by atoms with Gasteiger partial charge in [-0.2, -0.15) is 4.98 Å². The summed E-state index contributed by atoms with van der Waals surface area (Å²) in [4.78, 5) is 9.50. The van der Waals surface area contributed by atoms with Gasteiger partial charge in [-0.15, -0.1) is 24.8 Å². The van der Waals surface area contributed by atoms with Crippen molar-refractivity contribution in [1.29, 1.82) is 0 Å². The number of halogens is 2. The van der Waals surface area contributed by atoms with Gasteiger partial charge in [-0.3, -0.25) is 9.80 Å². The zero-order valence-electron chi connectivity index (χ0n) is 17.3. The van der Waals surface area contributed by atoms with Gasteiger partial charge in [0.25, 0.3) is 0 Å². The maximum atomic E-state index is 5.89. The van der Waals surface area contributed by atoms with E-state index in [0.29, 0.717) is 11.7 Å². The number of hydrogen-bond donors (Lipinski definition) is 1.